The maximum Gasteiger partial charge on any atom is 0.193 e. The molecule has 1 N–H and O–H groups in total. The molecule has 2 aliphatic rings. The van der Waals surface area contributed by atoms with Gasteiger partial charge in [0.2, 0.25) is 0 Å². The molecule has 0 bridgehead atoms. The third kappa shape index (κ3) is 2.82. The van der Waals surface area contributed by atoms with E-state index in [1.54, 1.807) is 0 Å². The van der Waals surface area contributed by atoms with E-state index in [1.165, 1.54) is 12.2 Å². The molecule has 2 aliphatic heterocycles. The molecule has 5 heteroatoms. The average molecular weight is 302 g/mol. The van der Waals surface area contributed by atoms with Crippen LogP contribution in [0.3, 0.4) is 0 Å². The van der Waals surface area contributed by atoms with Crippen molar-refractivity contribution < 1.29 is 9.15 Å². The lowest BCUT2D eigenvalue weighted by atomic mass is 9.80. The molecular formula is C14H20ClNO2S. The number of furan rings is 1. The molecule has 3 atom stereocenters. The lowest BCUT2D eigenvalue weighted by Crippen LogP contribution is -2.43. The van der Waals surface area contributed by atoms with Crippen LogP contribution < -0.4 is 5.32 Å². The number of rotatable bonds is 3. The zero-order valence-electron chi connectivity index (χ0n) is 11.2. The summed E-state index contributed by atoms with van der Waals surface area (Å²) < 4.78 is 11.7. The van der Waals surface area contributed by atoms with Crippen LogP contribution in [0.25, 0.3) is 0 Å². The maximum absolute atomic E-state index is 6.09. The topological polar surface area (TPSA) is 34.4 Å². The van der Waals surface area contributed by atoms with Gasteiger partial charge in [-0.25, -0.2) is 0 Å². The summed E-state index contributed by atoms with van der Waals surface area (Å²) in [6, 6.07) is 4.04. The van der Waals surface area contributed by atoms with E-state index in [9.17, 15) is 0 Å². The molecule has 3 unspecified atom stereocenters. The van der Waals surface area contributed by atoms with E-state index in [-0.39, 0.29) is 11.6 Å². The second kappa shape index (κ2) is 5.68. The Kier molecular flexibility index (Phi) is 4.13. The minimum Gasteiger partial charge on any atom is -0.448 e. The smallest absolute Gasteiger partial charge is 0.193 e. The highest BCUT2D eigenvalue weighted by Crippen LogP contribution is 2.44. The molecule has 0 amide bonds. The first-order chi connectivity index (χ1) is 9.22. The number of ether oxygens (including phenoxy) is 1. The van der Waals surface area contributed by atoms with E-state index >= 15 is 0 Å². The van der Waals surface area contributed by atoms with Gasteiger partial charge < -0.3 is 14.5 Å². The standard InChI is InChI=1S/C14H20ClNO2S/c1-16-13(11-2-3-12(15)18-11)10-4-6-17-14(8-10)5-7-19-9-14/h2-3,10,13,16H,4-9H2,1H3. The van der Waals surface area contributed by atoms with Gasteiger partial charge in [-0.05, 0) is 61.7 Å². The highest BCUT2D eigenvalue weighted by Gasteiger charge is 2.43. The third-order valence-electron chi connectivity index (χ3n) is 4.28. The van der Waals surface area contributed by atoms with Gasteiger partial charge in [0.1, 0.15) is 5.76 Å². The van der Waals surface area contributed by atoms with Crippen molar-refractivity contribution in [1.82, 2.24) is 5.32 Å². The van der Waals surface area contributed by atoms with Crippen LogP contribution >= 0.6 is 23.4 Å². The Hall–Kier alpha value is -0.160. The average Bonchev–Trinajstić information content (AvgIpc) is 3.01. The monoisotopic (exact) mass is 301 g/mol. The van der Waals surface area contributed by atoms with Gasteiger partial charge in [-0.2, -0.15) is 11.8 Å². The maximum atomic E-state index is 6.09. The van der Waals surface area contributed by atoms with Gasteiger partial charge in [-0.15, -0.1) is 0 Å². The zero-order valence-corrected chi connectivity index (χ0v) is 12.7. The molecule has 106 valence electrons. The molecule has 1 aromatic rings. The van der Waals surface area contributed by atoms with Gasteiger partial charge in [0, 0.05) is 12.4 Å². The summed E-state index contributed by atoms with van der Waals surface area (Å²) in [4.78, 5) is 0. The summed E-state index contributed by atoms with van der Waals surface area (Å²) in [6.07, 6.45) is 3.38. The minimum atomic E-state index is 0.110. The Morgan fingerprint density at radius 2 is 2.42 bits per heavy atom. The van der Waals surface area contributed by atoms with E-state index in [0.717, 1.165) is 31.0 Å². The fourth-order valence-corrected chi connectivity index (χ4v) is 4.85. The van der Waals surface area contributed by atoms with Crippen molar-refractivity contribution in [3.63, 3.8) is 0 Å². The van der Waals surface area contributed by atoms with Crippen LogP contribution in [0, 0.1) is 5.92 Å². The Bertz CT molecular complexity index is 431. The number of nitrogens with one attached hydrogen (secondary N) is 1. The normalized spacial score (nSPS) is 32.8. The van der Waals surface area contributed by atoms with Crippen molar-refractivity contribution in [1.29, 1.82) is 0 Å². The lowest BCUT2D eigenvalue weighted by Gasteiger charge is -2.40. The molecule has 1 aromatic heterocycles. The summed E-state index contributed by atoms with van der Waals surface area (Å²) in [5.41, 5.74) is 0.110. The molecule has 3 nitrogen and oxygen atoms in total. The molecular weight excluding hydrogens is 282 g/mol. The second-order valence-electron chi connectivity index (χ2n) is 5.50. The van der Waals surface area contributed by atoms with Crippen LogP contribution in [0.1, 0.15) is 31.1 Å². The molecule has 19 heavy (non-hydrogen) atoms. The molecule has 0 aromatic carbocycles. The summed E-state index contributed by atoms with van der Waals surface area (Å²) in [5.74, 6) is 3.86. The van der Waals surface area contributed by atoms with Gasteiger partial charge in [0.25, 0.3) is 0 Å². The van der Waals surface area contributed by atoms with Crippen LogP contribution in [0.2, 0.25) is 5.22 Å². The van der Waals surface area contributed by atoms with E-state index in [0.29, 0.717) is 11.1 Å². The highest BCUT2D eigenvalue weighted by atomic mass is 35.5. The number of hydrogen-bond acceptors (Lipinski definition) is 4. The molecule has 0 saturated carbocycles. The fourth-order valence-electron chi connectivity index (χ4n) is 3.32. The minimum absolute atomic E-state index is 0.110. The Morgan fingerprint density at radius 3 is 3.05 bits per heavy atom. The molecule has 0 aliphatic carbocycles. The Morgan fingerprint density at radius 1 is 1.53 bits per heavy atom. The number of halogens is 1. The number of thioether (sulfide) groups is 1. The Balaban J connectivity index is 1.76. The summed E-state index contributed by atoms with van der Waals surface area (Å²) >= 11 is 7.91. The van der Waals surface area contributed by atoms with Gasteiger partial charge in [-0.1, -0.05) is 0 Å². The zero-order chi connectivity index (χ0) is 13.3. The first kappa shape index (κ1) is 13.8. The first-order valence-corrected chi connectivity index (χ1v) is 8.40. The lowest BCUT2D eigenvalue weighted by molar-refractivity contribution is -0.0860. The predicted molar refractivity (Wildman–Crippen MR) is 78.9 cm³/mol. The van der Waals surface area contributed by atoms with Crippen LogP contribution in [0.15, 0.2) is 16.5 Å². The predicted octanol–water partition coefficient (Wildman–Crippen LogP) is 3.50. The van der Waals surface area contributed by atoms with Crippen molar-refractivity contribution in [3.05, 3.63) is 23.1 Å². The largest absolute Gasteiger partial charge is 0.448 e. The van der Waals surface area contributed by atoms with Crippen molar-refractivity contribution in [2.24, 2.45) is 5.92 Å². The SMILES string of the molecule is CNC(c1ccc(Cl)o1)C1CCOC2(CCSC2)C1. The highest BCUT2D eigenvalue weighted by molar-refractivity contribution is 7.99. The van der Waals surface area contributed by atoms with Gasteiger partial charge in [-0.3, -0.25) is 0 Å². The number of hydrogen-bond donors (Lipinski definition) is 1. The van der Waals surface area contributed by atoms with Crippen molar-refractivity contribution in [3.8, 4) is 0 Å². The fraction of sp³-hybridized carbons (Fsp3) is 0.714. The third-order valence-corrected chi connectivity index (χ3v) is 5.71. The van der Waals surface area contributed by atoms with Crippen molar-refractivity contribution in [2.75, 3.05) is 25.2 Å². The van der Waals surface area contributed by atoms with Gasteiger partial charge in [0.15, 0.2) is 5.22 Å². The molecule has 2 saturated heterocycles. The quantitative estimate of drug-likeness (QED) is 0.926. The van der Waals surface area contributed by atoms with Crippen molar-refractivity contribution >= 4 is 23.4 Å². The van der Waals surface area contributed by atoms with Crippen molar-refractivity contribution in [2.45, 2.75) is 30.9 Å². The summed E-state index contributed by atoms with van der Waals surface area (Å²) in [7, 11) is 1.99. The van der Waals surface area contributed by atoms with E-state index in [4.69, 9.17) is 20.8 Å². The van der Waals surface area contributed by atoms with Crippen LogP contribution in [-0.4, -0.2) is 30.8 Å². The van der Waals surface area contributed by atoms with E-state index < -0.39 is 0 Å². The molecule has 1 spiro atoms. The van der Waals surface area contributed by atoms with E-state index in [1.807, 2.05) is 30.9 Å². The molecule has 2 fully saturated rings. The Labute approximate surface area is 123 Å². The summed E-state index contributed by atoms with van der Waals surface area (Å²) in [5, 5.41) is 3.86. The molecule has 0 radical (unpaired) electrons. The first-order valence-electron chi connectivity index (χ1n) is 6.87. The molecule has 3 rings (SSSR count). The van der Waals surface area contributed by atoms with Crippen LogP contribution in [0.5, 0.6) is 0 Å². The van der Waals surface area contributed by atoms with E-state index in [2.05, 4.69) is 5.32 Å². The summed E-state index contributed by atoms with van der Waals surface area (Å²) in [6.45, 7) is 0.859. The van der Waals surface area contributed by atoms with Gasteiger partial charge >= 0.3 is 0 Å². The van der Waals surface area contributed by atoms with Gasteiger partial charge in [0.05, 0.1) is 11.6 Å². The second-order valence-corrected chi connectivity index (χ2v) is 6.97. The van der Waals surface area contributed by atoms with Crippen LogP contribution in [0.4, 0.5) is 0 Å². The molecule has 3 heterocycles. The van der Waals surface area contributed by atoms with Crippen LogP contribution in [-0.2, 0) is 4.74 Å².